The molecule has 0 saturated heterocycles. The van der Waals surface area contributed by atoms with Gasteiger partial charge in [-0.05, 0) is 57.0 Å². The molecule has 1 N–H and O–H groups in total. The SMILES string of the molecule is CC[C@H](C(=O)NC(C)(C)C)N(Cc1ccccc1Cl)C(=O)CN(c1cccc(Br)c1)S(C)(=O)=O. The molecule has 0 spiro atoms. The third kappa shape index (κ3) is 7.99. The number of hydrogen-bond donors (Lipinski definition) is 1. The Bertz CT molecular complexity index is 1140. The second kappa shape index (κ2) is 11.6. The molecule has 0 aromatic heterocycles. The van der Waals surface area contributed by atoms with E-state index in [-0.39, 0.29) is 12.5 Å². The topological polar surface area (TPSA) is 86.8 Å². The second-order valence-corrected chi connectivity index (χ2v) is 12.3. The fraction of sp³-hybridized carbons (Fsp3) is 0.417. The third-order valence-corrected chi connectivity index (χ3v) is 6.96. The summed E-state index contributed by atoms with van der Waals surface area (Å²) >= 11 is 9.69. The van der Waals surface area contributed by atoms with Crippen molar-refractivity contribution in [2.45, 2.75) is 52.2 Å². The summed E-state index contributed by atoms with van der Waals surface area (Å²) in [5.74, 6) is -0.829. The molecule has 186 valence electrons. The fourth-order valence-electron chi connectivity index (χ4n) is 3.43. The van der Waals surface area contributed by atoms with Crippen LogP contribution in [0, 0.1) is 0 Å². The molecule has 2 aromatic carbocycles. The maximum absolute atomic E-state index is 13.6. The molecule has 0 aliphatic carbocycles. The van der Waals surface area contributed by atoms with Gasteiger partial charge in [0.15, 0.2) is 0 Å². The highest BCUT2D eigenvalue weighted by Gasteiger charge is 2.33. The van der Waals surface area contributed by atoms with Gasteiger partial charge in [-0.15, -0.1) is 0 Å². The molecule has 0 aliphatic rings. The number of benzene rings is 2. The van der Waals surface area contributed by atoms with Crippen LogP contribution >= 0.6 is 27.5 Å². The van der Waals surface area contributed by atoms with Crippen molar-refractivity contribution in [1.29, 1.82) is 0 Å². The summed E-state index contributed by atoms with van der Waals surface area (Å²) in [5, 5.41) is 3.38. The molecule has 0 radical (unpaired) electrons. The quantitative estimate of drug-likeness (QED) is 0.476. The van der Waals surface area contributed by atoms with Gasteiger partial charge in [0.05, 0.1) is 11.9 Å². The number of carbonyl (C=O) groups excluding carboxylic acids is 2. The van der Waals surface area contributed by atoms with E-state index in [0.29, 0.717) is 27.2 Å². The highest BCUT2D eigenvalue weighted by Crippen LogP contribution is 2.24. The largest absolute Gasteiger partial charge is 0.350 e. The van der Waals surface area contributed by atoms with Crippen LogP contribution in [0.4, 0.5) is 5.69 Å². The standard InChI is InChI=1S/C24H31BrClN3O4S/c1-6-21(23(31)27-24(2,3)4)28(15-17-10-7-8-13-20(17)26)22(30)16-29(34(5,32)33)19-12-9-11-18(25)14-19/h7-14,21H,6,15-16H2,1-5H3,(H,27,31)/t21-/m1/s1. The van der Waals surface area contributed by atoms with Gasteiger partial charge in [0, 0.05) is 21.6 Å². The Morgan fingerprint density at radius 2 is 1.76 bits per heavy atom. The molecule has 7 nitrogen and oxygen atoms in total. The minimum atomic E-state index is -3.79. The molecule has 0 aliphatic heterocycles. The summed E-state index contributed by atoms with van der Waals surface area (Å²) in [4.78, 5) is 28.2. The number of anilines is 1. The maximum Gasteiger partial charge on any atom is 0.244 e. The van der Waals surface area contributed by atoms with Gasteiger partial charge < -0.3 is 10.2 Å². The van der Waals surface area contributed by atoms with Crippen molar-refractivity contribution in [3.63, 3.8) is 0 Å². The van der Waals surface area contributed by atoms with Crippen molar-refractivity contribution in [3.05, 3.63) is 63.6 Å². The summed E-state index contributed by atoms with van der Waals surface area (Å²) in [6.07, 6.45) is 1.39. The first-order chi connectivity index (χ1) is 15.7. The van der Waals surface area contributed by atoms with Crippen LogP contribution in [-0.4, -0.2) is 49.5 Å². The first-order valence-electron chi connectivity index (χ1n) is 10.8. The summed E-state index contributed by atoms with van der Waals surface area (Å²) < 4.78 is 26.9. The fourth-order valence-corrected chi connectivity index (χ4v) is 4.85. The summed E-state index contributed by atoms with van der Waals surface area (Å²) in [7, 11) is -3.79. The molecule has 34 heavy (non-hydrogen) atoms. The predicted molar refractivity (Wildman–Crippen MR) is 140 cm³/mol. The van der Waals surface area contributed by atoms with Crippen LogP contribution in [0.25, 0.3) is 0 Å². The smallest absolute Gasteiger partial charge is 0.244 e. The highest BCUT2D eigenvalue weighted by atomic mass is 79.9. The van der Waals surface area contributed by atoms with Crippen molar-refractivity contribution in [2.24, 2.45) is 0 Å². The van der Waals surface area contributed by atoms with E-state index in [9.17, 15) is 18.0 Å². The average Bonchev–Trinajstić information content (AvgIpc) is 2.70. The highest BCUT2D eigenvalue weighted by molar-refractivity contribution is 9.10. The van der Waals surface area contributed by atoms with E-state index in [1.165, 1.54) is 4.90 Å². The first kappa shape index (κ1) is 28.1. The van der Waals surface area contributed by atoms with Crippen molar-refractivity contribution in [3.8, 4) is 0 Å². The molecule has 2 rings (SSSR count). The van der Waals surface area contributed by atoms with Crippen molar-refractivity contribution >= 4 is 55.1 Å². The number of amides is 2. The Morgan fingerprint density at radius 1 is 1.12 bits per heavy atom. The number of rotatable bonds is 9. The number of carbonyl (C=O) groups is 2. The van der Waals surface area contributed by atoms with Crippen LogP contribution in [0.3, 0.4) is 0 Å². The van der Waals surface area contributed by atoms with Gasteiger partial charge >= 0.3 is 0 Å². The summed E-state index contributed by atoms with van der Waals surface area (Å²) in [5.41, 5.74) is 0.502. The molecule has 0 unspecified atom stereocenters. The van der Waals surface area contributed by atoms with Gasteiger partial charge in [-0.25, -0.2) is 8.42 Å². The van der Waals surface area contributed by atoms with Gasteiger partial charge in [0.1, 0.15) is 12.6 Å². The number of halogens is 2. The van der Waals surface area contributed by atoms with Crippen LogP contribution < -0.4 is 9.62 Å². The lowest BCUT2D eigenvalue weighted by Gasteiger charge is -2.34. The Labute approximate surface area is 215 Å². The molecular formula is C24H31BrClN3O4S. The van der Waals surface area contributed by atoms with Crippen LogP contribution in [0.5, 0.6) is 0 Å². The van der Waals surface area contributed by atoms with Crippen molar-refractivity contribution in [2.75, 3.05) is 17.1 Å². The zero-order valence-corrected chi connectivity index (χ0v) is 23.2. The molecule has 2 aromatic rings. The third-order valence-electron chi connectivity index (χ3n) is 4.96. The maximum atomic E-state index is 13.6. The number of nitrogens with one attached hydrogen (secondary N) is 1. The van der Waals surface area contributed by atoms with E-state index in [0.717, 1.165) is 10.6 Å². The Kier molecular flexibility index (Phi) is 9.56. The van der Waals surface area contributed by atoms with E-state index in [2.05, 4.69) is 21.2 Å². The van der Waals surface area contributed by atoms with Crippen molar-refractivity contribution < 1.29 is 18.0 Å². The normalized spacial score (nSPS) is 12.7. The summed E-state index contributed by atoms with van der Waals surface area (Å²) in [6, 6.07) is 12.9. The van der Waals surface area contributed by atoms with Crippen LogP contribution in [0.15, 0.2) is 53.0 Å². The first-order valence-corrected chi connectivity index (χ1v) is 13.8. The number of sulfonamides is 1. The van der Waals surface area contributed by atoms with Gasteiger partial charge in [0.2, 0.25) is 21.8 Å². The lowest BCUT2D eigenvalue weighted by atomic mass is 10.1. The Balaban J connectivity index is 2.48. The van der Waals surface area contributed by atoms with Gasteiger partial charge in [-0.3, -0.25) is 13.9 Å². The molecule has 0 saturated carbocycles. The van der Waals surface area contributed by atoms with Crippen LogP contribution in [-0.2, 0) is 26.2 Å². The Hall–Kier alpha value is -2.10. The molecule has 2 amide bonds. The van der Waals surface area contributed by atoms with Crippen LogP contribution in [0.1, 0.15) is 39.7 Å². The minimum absolute atomic E-state index is 0.0602. The summed E-state index contributed by atoms with van der Waals surface area (Å²) in [6.45, 7) is 6.98. The van der Waals surface area contributed by atoms with E-state index in [4.69, 9.17) is 11.6 Å². The monoisotopic (exact) mass is 571 g/mol. The number of nitrogens with zero attached hydrogens (tertiary/aromatic N) is 2. The lowest BCUT2D eigenvalue weighted by molar-refractivity contribution is -0.141. The number of hydrogen-bond acceptors (Lipinski definition) is 4. The van der Waals surface area contributed by atoms with Gasteiger partial charge in [0.25, 0.3) is 0 Å². The van der Waals surface area contributed by atoms with Crippen LogP contribution in [0.2, 0.25) is 5.02 Å². The van der Waals surface area contributed by atoms with E-state index < -0.39 is 34.1 Å². The molecule has 0 heterocycles. The van der Waals surface area contributed by atoms with Crippen molar-refractivity contribution in [1.82, 2.24) is 10.2 Å². The molecule has 1 atom stereocenters. The minimum Gasteiger partial charge on any atom is -0.350 e. The van der Waals surface area contributed by atoms with E-state index in [1.807, 2.05) is 27.7 Å². The molecule has 0 bridgehead atoms. The molecule has 10 heteroatoms. The zero-order chi connectivity index (χ0) is 25.7. The van der Waals surface area contributed by atoms with Gasteiger partial charge in [-0.2, -0.15) is 0 Å². The zero-order valence-electron chi connectivity index (χ0n) is 20.0. The molecule has 0 fully saturated rings. The second-order valence-electron chi connectivity index (χ2n) is 9.03. The Morgan fingerprint density at radius 3 is 2.29 bits per heavy atom. The predicted octanol–water partition coefficient (Wildman–Crippen LogP) is 4.59. The van der Waals surface area contributed by atoms with E-state index >= 15 is 0 Å². The lowest BCUT2D eigenvalue weighted by Crippen LogP contribution is -2.55. The average molecular weight is 573 g/mol. The van der Waals surface area contributed by atoms with Gasteiger partial charge in [-0.1, -0.05) is 58.7 Å². The van der Waals surface area contributed by atoms with E-state index in [1.54, 1.807) is 48.5 Å². The molecular weight excluding hydrogens is 542 g/mol.